The van der Waals surface area contributed by atoms with Gasteiger partial charge in [-0.25, -0.2) is 0 Å². The Morgan fingerprint density at radius 2 is 1.44 bits per heavy atom. The molecule has 9 heavy (non-hydrogen) atoms. The third kappa shape index (κ3) is 30.5. The van der Waals surface area contributed by atoms with Gasteiger partial charge in [0, 0.05) is 13.0 Å². The second-order valence-corrected chi connectivity index (χ2v) is 3.12. The minimum absolute atomic E-state index is 0.0417. The summed E-state index contributed by atoms with van der Waals surface area (Å²) >= 11 is 5.00. The predicted molar refractivity (Wildman–Crippen MR) is 43.2 cm³/mol. The highest BCUT2D eigenvalue weighted by molar-refractivity contribution is 6.17. The Morgan fingerprint density at radius 1 is 1.33 bits per heavy atom. The van der Waals surface area contributed by atoms with Crippen LogP contribution in [-0.4, -0.2) is 18.6 Å². The lowest BCUT2D eigenvalue weighted by atomic mass is 10.2. The normalized spacial score (nSPS) is 10.0. The Balaban J connectivity index is 0. The highest BCUT2D eigenvalue weighted by Crippen LogP contribution is 2.02. The molecule has 0 fully saturated rings. The monoisotopic (exact) mass is 152 g/mol. The van der Waals surface area contributed by atoms with Crippen LogP contribution in [0.25, 0.3) is 0 Å². The Hall–Kier alpha value is 0.250. The van der Waals surface area contributed by atoms with Crippen LogP contribution in [0, 0.1) is 0 Å². The molecule has 0 unspecified atom stereocenters. The third-order valence-electron chi connectivity index (χ3n) is 0.612. The van der Waals surface area contributed by atoms with Crippen molar-refractivity contribution < 1.29 is 4.74 Å². The van der Waals surface area contributed by atoms with Gasteiger partial charge in [0.1, 0.15) is 0 Å². The van der Waals surface area contributed by atoms with Crippen LogP contribution in [-0.2, 0) is 4.74 Å². The molecule has 0 rings (SSSR count). The van der Waals surface area contributed by atoms with Gasteiger partial charge in [0.15, 0.2) is 0 Å². The number of hydrogen-bond donors (Lipinski definition) is 0. The van der Waals surface area contributed by atoms with Gasteiger partial charge in [0.05, 0.1) is 5.60 Å². The Bertz CT molecular complexity index is 47.4. The van der Waals surface area contributed by atoms with Gasteiger partial charge in [0.2, 0.25) is 0 Å². The van der Waals surface area contributed by atoms with Gasteiger partial charge in [-0.15, -0.1) is 11.6 Å². The Morgan fingerprint density at radius 3 is 1.44 bits per heavy atom. The second-order valence-electron chi connectivity index (χ2n) is 2.58. The molecule has 0 N–H and O–H groups in total. The summed E-state index contributed by atoms with van der Waals surface area (Å²) in [6, 6.07) is 0. The first-order chi connectivity index (χ1) is 3.97. The van der Waals surface area contributed by atoms with Crippen LogP contribution in [0.4, 0.5) is 0 Å². The van der Waals surface area contributed by atoms with Gasteiger partial charge < -0.3 is 4.74 Å². The van der Waals surface area contributed by atoms with Crippen LogP contribution < -0.4 is 0 Å². The smallest absolute Gasteiger partial charge is 0.0594 e. The summed E-state index contributed by atoms with van der Waals surface area (Å²) in [6.45, 7) is 7.95. The van der Waals surface area contributed by atoms with E-state index in [2.05, 4.69) is 0 Å². The summed E-state index contributed by atoms with van der Waals surface area (Å²) in [5.41, 5.74) is 0.0417. The summed E-state index contributed by atoms with van der Waals surface area (Å²) in [5.74, 6) is 0.722. The molecule has 2 heteroatoms. The fourth-order valence-corrected chi connectivity index (χ4v) is 0. The lowest BCUT2D eigenvalue weighted by Gasteiger charge is -2.14. The molecule has 0 saturated heterocycles. The van der Waals surface area contributed by atoms with E-state index in [1.165, 1.54) is 0 Å². The highest BCUT2D eigenvalue weighted by atomic mass is 35.5. The maximum absolute atomic E-state index is 5.00. The summed E-state index contributed by atoms with van der Waals surface area (Å²) in [6.07, 6.45) is 0. The average molecular weight is 153 g/mol. The van der Waals surface area contributed by atoms with Crippen molar-refractivity contribution >= 4 is 11.6 Å². The number of rotatable bonds is 0. The molecule has 0 aromatic heterocycles. The third-order valence-corrected chi connectivity index (χ3v) is 0.612. The lowest BCUT2D eigenvalue weighted by molar-refractivity contribution is 0.0397. The molecule has 0 saturated carbocycles. The molecule has 0 bridgehead atoms. The van der Waals surface area contributed by atoms with Crippen molar-refractivity contribution in [2.75, 3.05) is 13.0 Å². The van der Waals surface area contributed by atoms with E-state index in [0.717, 1.165) is 5.88 Å². The van der Waals surface area contributed by atoms with Crippen LogP contribution in [0.2, 0.25) is 0 Å². The Kier molecular flexibility index (Phi) is 8.48. The first-order valence-electron chi connectivity index (χ1n) is 3.09. The largest absolute Gasteiger partial charge is 0.379 e. The number of hydrogen-bond acceptors (Lipinski definition) is 1. The van der Waals surface area contributed by atoms with Crippen molar-refractivity contribution in [2.24, 2.45) is 0 Å². The summed E-state index contributed by atoms with van der Waals surface area (Å²) in [7, 11) is 1.71. The molecule has 58 valence electrons. The summed E-state index contributed by atoms with van der Waals surface area (Å²) in [5, 5.41) is 0. The zero-order valence-electron chi connectivity index (χ0n) is 6.99. The molecule has 0 aromatic carbocycles. The minimum Gasteiger partial charge on any atom is -0.379 e. The van der Waals surface area contributed by atoms with Crippen LogP contribution >= 0.6 is 11.6 Å². The van der Waals surface area contributed by atoms with E-state index >= 15 is 0 Å². The molecule has 0 aliphatic rings. The minimum atomic E-state index is 0.0417. The van der Waals surface area contributed by atoms with Crippen LogP contribution in [0.5, 0.6) is 0 Å². The standard InChI is InChI=1S/C5H12O.C2H5Cl/c1-5(2,3)6-4;1-2-3/h1-4H3;2H2,1H3. The van der Waals surface area contributed by atoms with Gasteiger partial charge in [-0.05, 0) is 20.8 Å². The maximum Gasteiger partial charge on any atom is 0.0594 e. The van der Waals surface area contributed by atoms with Crippen molar-refractivity contribution in [3.05, 3.63) is 0 Å². The van der Waals surface area contributed by atoms with Gasteiger partial charge in [0.25, 0.3) is 0 Å². The fourth-order valence-electron chi connectivity index (χ4n) is 0. The SMILES string of the molecule is CCCl.COC(C)(C)C. The summed E-state index contributed by atoms with van der Waals surface area (Å²) < 4.78 is 4.94. The molecular weight excluding hydrogens is 136 g/mol. The molecule has 0 heterocycles. The van der Waals surface area contributed by atoms with E-state index in [1.54, 1.807) is 7.11 Å². The molecule has 0 aromatic rings. The summed E-state index contributed by atoms with van der Waals surface area (Å²) in [4.78, 5) is 0. The topological polar surface area (TPSA) is 9.23 Å². The van der Waals surface area contributed by atoms with E-state index in [0.29, 0.717) is 0 Å². The Labute approximate surface area is 63.4 Å². The van der Waals surface area contributed by atoms with Gasteiger partial charge in [-0.2, -0.15) is 0 Å². The van der Waals surface area contributed by atoms with Crippen molar-refractivity contribution in [1.82, 2.24) is 0 Å². The molecule has 0 amide bonds. The first-order valence-corrected chi connectivity index (χ1v) is 3.62. The van der Waals surface area contributed by atoms with E-state index in [1.807, 2.05) is 27.7 Å². The van der Waals surface area contributed by atoms with Crippen LogP contribution in [0.15, 0.2) is 0 Å². The molecule has 0 radical (unpaired) electrons. The lowest BCUT2D eigenvalue weighted by Crippen LogP contribution is -2.15. The average Bonchev–Trinajstić information content (AvgIpc) is 1.67. The number of ether oxygens (including phenoxy) is 1. The fraction of sp³-hybridized carbons (Fsp3) is 1.00. The van der Waals surface area contributed by atoms with Gasteiger partial charge in [-0.1, -0.05) is 6.92 Å². The zero-order chi connectivity index (χ0) is 7.91. The highest BCUT2D eigenvalue weighted by Gasteiger charge is 2.03. The molecule has 0 atom stereocenters. The van der Waals surface area contributed by atoms with E-state index < -0.39 is 0 Å². The van der Waals surface area contributed by atoms with Crippen LogP contribution in [0.1, 0.15) is 27.7 Å². The van der Waals surface area contributed by atoms with E-state index in [-0.39, 0.29) is 5.60 Å². The quantitative estimate of drug-likeness (QED) is 0.485. The molecule has 0 aliphatic carbocycles. The van der Waals surface area contributed by atoms with E-state index in [9.17, 15) is 0 Å². The predicted octanol–water partition coefficient (Wildman–Crippen LogP) is 2.68. The number of alkyl halides is 1. The van der Waals surface area contributed by atoms with Crippen molar-refractivity contribution in [3.8, 4) is 0 Å². The first kappa shape index (κ1) is 12.0. The maximum atomic E-state index is 5.00. The molecule has 1 nitrogen and oxygen atoms in total. The number of halogens is 1. The van der Waals surface area contributed by atoms with Crippen molar-refractivity contribution in [3.63, 3.8) is 0 Å². The van der Waals surface area contributed by atoms with E-state index in [4.69, 9.17) is 16.3 Å². The molecule has 0 aliphatic heterocycles. The van der Waals surface area contributed by atoms with Gasteiger partial charge >= 0.3 is 0 Å². The molecular formula is C7H17ClO. The van der Waals surface area contributed by atoms with Crippen molar-refractivity contribution in [2.45, 2.75) is 33.3 Å². The van der Waals surface area contributed by atoms with Gasteiger partial charge in [-0.3, -0.25) is 0 Å². The van der Waals surface area contributed by atoms with Crippen LogP contribution in [0.3, 0.4) is 0 Å². The molecule has 0 spiro atoms. The zero-order valence-corrected chi connectivity index (χ0v) is 7.75. The number of methoxy groups -OCH3 is 1. The second kappa shape index (κ2) is 6.37. The van der Waals surface area contributed by atoms with Crippen molar-refractivity contribution in [1.29, 1.82) is 0 Å².